The van der Waals surface area contributed by atoms with Crippen LogP contribution >= 0.6 is 11.3 Å². The van der Waals surface area contributed by atoms with Crippen LogP contribution in [0.2, 0.25) is 0 Å². The van der Waals surface area contributed by atoms with Gasteiger partial charge >= 0.3 is 0 Å². The Labute approximate surface area is 150 Å². The molecular formula is C19H20N2O3S. The summed E-state index contributed by atoms with van der Waals surface area (Å²) in [5.74, 6) is 1.49. The van der Waals surface area contributed by atoms with Crippen molar-refractivity contribution in [3.63, 3.8) is 0 Å². The molecule has 0 spiro atoms. The molecule has 0 atom stereocenters. The van der Waals surface area contributed by atoms with E-state index in [1.165, 1.54) is 0 Å². The highest BCUT2D eigenvalue weighted by atomic mass is 32.1. The molecule has 130 valence electrons. The Morgan fingerprint density at radius 2 is 2.00 bits per heavy atom. The molecule has 5 nitrogen and oxygen atoms in total. The van der Waals surface area contributed by atoms with E-state index in [2.05, 4.69) is 17.2 Å². The number of hydrogen-bond acceptors (Lipinski definition) is 5. The number of aromatic nitrogens is 1. The fourth-order valence-corrected chi connectivity index (χ4v) is 3.51. The number of carbonyl (C=O) groups excluding carboxylic acids is 1. The minimum Gasteiger partial charge on any atom is -0.497 e. The molecule has 0 fully saturated rings. The summed E-state index contributed by atoms with van der Waals surface area (Å²) in [7, 11) is 1.62. The van der Waals surface area contributed by atoms with Crippen LogP contribution in [0.15, 0.2) is 40.8 Å². The van der Waals surface area contributed by atoms with Crippen LogP contribution in [0, 0.1) is 6.92 Å². The lowest BCUT2D eigenvalue weighted by Gasteiger charge is -2.03. The van der Waals surface area contributed by atoms with Crippen LogP contribution < -0.4 is 10.1 Å². The van der Waals surface area contributed by atoms with E-state index in [-0.39, 0.29) is 5.91 Å². The van der Waals surface area contributed by atoms with Crippen molar-refractivity contribution in [2.24, 2.45) is 0 Å². The molecule has 0 aliphatic heterocycles. The van der Waals surface area contributed by atoms with E-state index in [1.807, 2.05) is 31.2 Å². The molecule has 3 rings (SSSR count). The fraction of sp³-hybridized carbons (Fsp3) is 0.263. The van der Waals surface area contributed by atoms with E-state index in [4.69, 9.17) is 9.15 Å². The van der Waals surface area contributed by atoms with Crippen molar-refractivity contribution in [1.29, 1.82) is 0 Å². The second kappa shape index (κ2) is 7.53. The second-order valence-corrected chi connectivity index (χ2v) is 6.82. The number of aryl methyl sites for hydroxylation is 2. The Balaban J connectivity index is 1.67. The van der Waals surface area contributed by atoms with Crippen LogP contribution in [0.4, 0.5) is 0 Å². The molecule has 3 aromatic rings. The molecule has 0 bridgehead atoms. The molecule has 1 aromatic carbocycles. The number of nitrogens with one attached hydrogen (secondary N) is 1. The molecule has 0 aliphatic rings. The third kappa shape index (κ3) is 3.91. The van der Waals surface area contributed by atoms with Crippen molar-refractivity contribution in [3.05, 3.63) is 57.7 Å². The van der Waals surface area contributed by atoms with Crippen molar-refractivity contribution >= 4 is 17.2 Å². The molecule has 2 aromatic heterocycles. The van der Waals surface area contributed by atoms with E-state index < -0.39 is 0 Å². The number of carbonyl (C=O) groups is 1. The number of furan rings is 1. The van der Waals surface area contributed by atoms with Crippen molar-refractivity contribution < 1.29 is 13.9 Å². The third-order valence-corrected chi connectivity index (χ3v) is 4.85. The van der Waals surface area contributed by atoms with Gasteiger partial charge in [0, 0.05) is 10.4 Å². The maximum atomic E-state index is 12.3. The van der Waals surface area contributed by atoms with E-state index in [9.17, 15) is 4.79 Å². The van der Waals surface area contributed by atoms with Crippen molar-refractivity contribution in [2.75, 3.05) is 7.11 Å². The molecule has 25 heavy (non-hydrogen) atoms. The Morgan fingerprint density at radius 3 is 2.68 bits per heavy atom. The van der Waals surface area contributed by atoms with Crippen LogP contribution in [-0.2, 0) is 13.0 Å². The van der Waals surface area contributed by atoms with Crippen LogP contribution in [-0.4, -0.2) is 18.0 Å². The zero-order valence-corrected chi connectivity index (χ0v) is 15.3. The highest BCUT2D eigenvalue weighted by Crippen LogP contribution is 2.24. The minimum atomic E-state index is -0.229. The van der Waals surface area contributed by atoms with Gasteiger partial charge in [0.2, 0.25) is 0 Å². The lowest BCUT2D eigenvalue weighted by molar-refractivity contribution is 0.0924. The van der Waals surface area contributed by atoms with Gasteiger partial charge in [0.15, 0.2) is 5.76 Å². The van der Waals surface area contributed by atoms with Gasteiger partial charge in [-0.25, -0.2) is 4.98 Å². The summed E-state index contributed by atoms with van der Waals surface area (Å²) >= 11 is 1.61. The van der Waals surface area contributed by atoms with E-state index in [0.717, 1.165) is 33.3 Å². The summed E-state index contributed by atoms with van der Waals surface area (Å²) in [6.07, 6.45) is 0.859. The van der Waals surface area contributed by atoms with Gasteiger partial charge in [0.25, 0.3) is 5.91 Å². The number of hydrogen-bond donors (Lipinski definition) is 1. The molecule has 0 radical (unpaired) electrons. The van der Waals surface area contributed by atoms with Crippen LogP contribution in [0.25, 0.3) is 11.3 Å². The Bertz CT molecular complexity index is 865. The standard InChI is InChI=1S/C19H20N2O3S/c1-4-15-18(25-12(2)21-15)11-20-19(22)17-10-9-16(24-17)13-5-7-14(23-3)8-6-13/h5-10H,4,11H2,1-3H3,(H,20,22). The zero-order chi connectivity index (χ0) is 17.8. The molecule has 0 unspecified atom stereocenters. The number of benzene rings is 1. The van der Waals surface area contributed by atoms with Gasteiger partial charge in [0.05, 0.1) is 24.4 Å². The van der Waals surface area contributed by atoms with E-state index >= 15 is 0 Å². The topological polar surface area (TPSA) is 64.4 Å². The maximum absolute atomic E-state index is 12.3. The molecule has 0 aliphatic carbocycles. The summed E-state index contributed by atoms with van der Waals surface area (Å²) in [4.78, 5) is 17.9. The first-order valence-corrected chi connectivity index (χ1v) is 8.90. The SMILES string of the molecule is CCc1nc(C)sc1CNC(=O)c1ccc(-c2ccc(OC)cc2)o1. The average Bonchev–Trinajstić information content (AvgIpc) is 3.26. The fourth-order valence-electron chi connectivity index (χ4n) is 2.54. The van der Waals surface area contributed by atoms with Gasteiger partial charge in [-0.05, 0) is 49.7 Å². The number of rotatable bonds is 6. The maximum Gasteiger partial charge on any atom is 0.287 e. The summed E-state index contributed by atoms with van der Waals surface area (Å²) in [5, 5.41) is 3.92. The predicted molar refractivity (Wildman–Crippen MR) is 98.1 cm³/mol. The van der Waals surface area contributed by atoms with Gasteiger partial charge in [0.1, 0.15) is 11.5 Å². The number of amides is 1. The lowest BCUT2D eigenvalue weighted by atomic mass is 10.2. The summed E-state index contributed by atoms with van der Waals surface area (Å²) in [6, 6.07) is 11.0. The first kappa shape index (κ1) is 17.2. The predicted octanol–water partition coefficient (Wildman–Crippen LogP) is 4.21. The molecule has 0 saturated carbocycles. The molecule has 2 heterocycles. The second-order valence-electron chi connectivity index (χ2n) is 5.53. The van der Waals surface area contributed by atoms with Crippen LogP contribution in [0.1, 0.15) is 33.1 Å². The first-order valence-electron chi connectivity index (χ1n) is 8.08. The lowest BCUT2D eigenvalue weighted by Crippen LogP contribution is -2.22. The van der Waals surface area contributed by atoms with Gasteiger partial charge in [-0.3, -0.25) is 4.79 Å². The summed E-state index contributed by atoms with van der Waals surface area (Å²) < 4.78 is 10.8. The van der Waals surface area contributed by atoms with Gasteiger partial charge in [-0.1, -0.05) is 6.92 Å². The molecule has 6 heteroatoms. The Morgan fingerprint density at radius 1 is 1.24 bits per heavy atom. The molecule has 1 N–H and O–H groups in total. The normalized spacial score (nSPS) is 10.7. The van der Waals surface area contributed by atoms with Crippen molar-refractivity contribution in [3.8, 4) is 17.1 Å². The monoisotopic (exact) mass is 356 g/mol. The number of nitrogens with zero attached hydrogens (tertiary/aromatic N) is 1. The van der Waals surface area contributed by atoms with Crippen molar-refractivity contribution in [1.82, 2.24) is 10.3 Å². The van der Waals surface area contributed by atoms with Gasteiger partial charge in [-0.2, -0.15) is 0 Å². The molecule has 0 saturated heterocycles. The minimum absolute atomic E-state index is 0.229. The van der Waals surface area contributed by atoms with Crippen LogP contribution in [0.3, 0.4) is 0 Å². The Hall–Kier alpha value is -2.60. The number of ether oxygens (including phenoxy) is 1. The van der Waals surface area contributed by atoms with E-state index in [1.54, 1.807) is 30.6 Å². The third-order valence-electron chi connectivity index (χ3n) is 3.83. The van der Waals surface area contributed by atoms with Crippen molar-refractivity contribution in [2.45, 2.75) is 26.8 Å². The number of methoxy groups -OCH3 is 1. The molecule has 1 amide bonds. The smallest absolute Gasteiger partial charge is 0.287 e. The average molecular weight is 356 g/mol. The number of thiazole rings is 1. The zero-order valence-electron chi connectivity index (χ0n) is 14.5. The summed E-state index contributed by atoms with van der Waals surface area (Å²) in [6.45, 7) is 4.50. The van der Waals surface area contributed by atoms with E-state index in [0.29, 0.717) is 18.1 Å². The highest BCUT2D eigenvalue weighted by Gasteiger charge is 2.14. The quantitative estimate of drug-likeness (QED) is 0.718. The highest BCUT2D eigenvalue weighted by molar-refractivity contribution is 7.11. The Kier molecular flexibility index (Phi) is 5.19. The van der Waals surface area contributed by atoms with Crippen LogP contribution in [0.5, 0.6) is 5.75 Å². The first-order chi connectivity index (χ1) is 12.1. The van der Waals surface area contributed by atoms with Gasteiger partial charge < -0.3 is 14.5 Å². The largest absolute Gasteiger partial charge is 0.497 e. The van der Waals surface area contributed by atoms with Gasteiger partial charge in [-0.15, -0.1) is 11.3 Å². The summed E-state index contributed by atoms with van der Waals surface area (Å²) in [5.41, 5.74) is 1.94. The molecular weight excluding hydrogens is 336 g/mol.